The summed E-state index contributed by atoms with van der Waals surface area (Å²) in [7, 11) is 0. The summed E-state index contributed by atoms with van der Waals surface area (Å²) in [6, 6.07) is 18.1. The molecule has 0 spiro atoms. The van der Waals surface area contributed by atoms with Gasteiger partial charge in [-0.1, -0.05) is 18.2 Å². The Balaban J connectivity index is 1.42. The highest BCUT2D eigenvalue weighted by Gasteiger charge is 2.29. The van der Waals surface area contributed by atoms with Crippen LogP contribution in [0.5, 0.6) is 0 Å². The molecule has 1 aliphatic heterocycles. The fourth-order valence-corrected chi connectivity index (χ4v) is 4.05. The van der Waals surface area contributed by atoms with Crippen LogP contribution in [0.25, 0.3) is 5.69 Å². The van der Waals surface area contributed by atoms with Crippen molar-refractivity contribution in [3.63, 3.8) is 0 Å². The lowest BCUT2D eigenvalue weighted by Crippen LogP contribution is -2.19. The highest BCUT2D eigenvalue weighted by atomic mass is 16.2. The topological polar surface area (TPSA) is 50.2 Å². The summed E-state index contributed by atoms with van der Waals surface area (Å²) in [6.45, 7) is 4.29. The van der Waals surface area contributed by atoms with Crippen LogP contribution in [0.15, 0.2) is 54.6 Å². The molecule has 1 saturated heterocycles. The van der Waals surface area contributed by atoms with Crippen molar-refractivity contribution in [1.82, 2.24) is 9.78 Å². The van der Waals surface area contributed by atoms with E-state index in [0.717, 1.165) is 48.6 Å². The third-order valence-electron chi connectivity index (χ3n) is 5.89. The summed E-state index contributed by atoms with van der Waals surface area (Å²) in [5.74, 6) is 0.373. The van der Waals surface area contributed by atoms with E-state index in [4.69, 9.17) is 5.10 Å². The van der Waals surface area contributed by atoms with Gasteiger partial charge in [0, 0.05) is 30.4 Å². The van der Waals surface area contributed by atoms with E-state index in [1.807, 2.05) is 42.5 Å². The zero-order valence-corrected chi connectivity index (χ0v) is 16.8. The minimum Gasteiger partial charge on any atom is -0.372 e. The number of benzene rings is 2. The molecule has 0 bridgehead atoms. The lowest BCUT2D eigenvalue weighted by molar-refractivity contribution is 0.101. The summed E-state index contributed by atoms with van der Waals surface area (Å²) in [4.78, 5) is 15.6. The van der Waals surface area contributed by atoms with Gasteiger partial charge in [-0.3, -0.25) is 4.79 Å². The molecule has 5 heteroatoms. The number of para-hydroxylation sites is 1. The molecule has 2 aromatic carbocycles. The number of nitrogens with one attached hydrogen (secondary N) is 1. The van der Waals surface area contributed by atoms with Gasteiger partial charge in [0.05, 0.1) is 11.4 Å². The maximum atomic E-state index is 13.2. The summed E-state index contributed by atoms with van der Waals surface area (Å²) < 4.78 is 1.77. The van der Waals surface area contributed by atoms with Crippen LogP contribution < -0.4 is 10.2 Å². The Kier molecular flexibility index (Phi) is 4.58. The molecule has 29 heavy (non-hydrogen) atoms. The van der Waals surface area contributed by atoms with Gasteiger partial charge in [-0.25, -0.2) is 4.68 Å². The molecule has 0 unspecified atom stereocenters. The van der Waals surface area contributed by atoms with Crippen molar-refractivity contribution in [1.29, 1.82) is 0 Å². The van der Waals surface area contributed by atoms with Crippen LogP contribution >= 0.6 is 0 Å². The Morgan fingerprint density at radius 3 is 2.45 bits per heavy atom. The van der Waals surface area contributed by atoms with Gasteiger partial charge in [0.25, 0.3) is 5.91 Å². The highest BCUT2D eigenvalue weighted by Crippen LogP contribution is 2.40. The highest BCUT2D eigenvalue weighted by molar-refractivity contribution is 6.04. The predicted octanol–water partition coefficient (Wildman–Crippen LogP) is 4.91. The number of aromatic nitrogens is 2. The molecule has 1 aliphatic carbocycles. The van der Waals surface area contributed by atoms with E-state index < -0.39 is 0 Å². The number of carbonyl (C=O) groups excluding carboxylic acids is 1. The van der Waals surface area contributed by atoms with Gasteiger partial charge in [0.15, 0.2) is 0 Å². The second-order valence-corrected chi connectivity index (χ2v) is 8.12. The lowest BCUT2D eigenvalue weighted by atomic mass is 10.1. The predicted molar refractivity (Wildman–Crippen MR) is 116 cm³/mol. The van der Waals surface area contributed by atoms with Crippen LogP contribution in [0.1, 0.15) is 53.3 Å². The molecule has 1 aromatic heterocycles. The van der Waals surface area contributed by atoms with E-state index >= 15 is 0 Å². The van der Waals surface area contributed by atoms with Gasteiger partial charge in [-0.2, -0.15) is 5.10 Å². The minimum atomic E-state index is -0.120. The quantitative estimate of drug-likeness (QED) is 0.678. The molecule has 3 aromatic rings. The molecule has 1 N–H and O–H groups in total. The number of aryl methyl sites for hydroxylation is 1. The Bertz CT molecular complexity index is 1030. The SMILES string of the molecule is Cc1cc(N2CCCC2)ccc1NC(=O)c1cc(C2CC2)nn1-c1ccccc1. The van der Waals surface area contributed by atoms with Gasteiger partial charge in [0.2, 0.25) is 0 Å². The van der Waals surface area contributed by atoms with Crippen LogP contribution in [-0.4, -0.2) is 28.8 Å². The Hall–Kier alpha value is -3.08. The molecule has 1 amide bonds. The number of carbonyl (C=O) groups is 1. The number of hydrogen-bond donors (Lipinski definition) is 1. The van der Waals surface area contributed by atoms with E-state index in [9.17, 15) is 4.79 Å². The van der Waals surface area contributed by atoms with Crippen molar-refractivity contribution in [2.75, 3.05) is 23.3 Å². The Morgan fingerprint density at radius 2 is 1.76 bits per heavy atom. The smallest absolute Gasteiger partial charge is 0.274 e. The molecular weight excluding hydrogens is 360 g/mol. The Morgan fingerprint density at radius 1 is 1.00 bits per heavy atom. The first-order chi connectivity index (χ1) is 14.2. The number of amides is 1. The van der Waals surface area contributed by atoms with Crippen LogP contribution in [0.2, 0.25) is 0 Å². The van der Waals surface area contributed by atoms with Crippen LogP contribution in [-0.2, 0) is 0 Å². The second kappa shape index (κ2) is 7.39. The summed E-state index contributed by atoms with van der Waals surface area (Å²) in [6.07, 6.45) is 4.82. The van der Waals surface area contributed by atoms with Crippen molar-refractivity contribution >= 4 is 17.3 Å². The Labute approximate surface area is 171 Å². The normalized spacial score (nSPS) is 16.2. The third kappa shape index (κ3) is 3.65. The van der Waals surface area contributed by atoms with E-state index in [1.54, 1.807) is 4.68 Å². The summed E-state index contributed by atoms with van der Waals surface area (Å²) in [5.41, 5.74) is 5.68. The molecule has 2 aliphatic rings. The number of nitrogens with zero attached hydrogens (tertiary/aromatic N) is 3. The maximum absolute atomic E-state index is 13.2. The van der Waals surface area contributed by atoms with Crippen molar-refractivity contribution in [2.24, 2.45) is 0 Å². The largest absolute Gasteiger partial charge is 0.372 e. The molecule has 5 nitrogen and oxygen atoms in total. The molecule has 0 radical (unpaired) electrons. The average molecular weight is 386 g/mol. The molecule has 2 fully saturated rings. The molecule has 5 rings (SSSR count). The van der Waals surface area contributed by atoms with E-state index in [0.29, 0.717) is 11.6 Å². The standard InChI is InChI=1S/C24H26N4O/c1-17-15-20(27-13-5-6-14-27)11-12-21(17)25-24(29)23-16-22(18-9-10-18)26-28(23)19-7-3-2-4-8-19/h2-4,7-8,11-12,15-16,18H,5-6,9-10,13-14H2,1H3,(H,25,29). The molecule has 2 heterocycles. The fourth-order valence-electron chi connectivity index (χ4n) is 4.05. The van der Waals surface area contributed by atoms with E-state index in [-0.39, 0.29) is 5.91 Å². The first-order valence-electron chi connectivity index (χ1n) is 10.5. The van der Waals surface area contributed by atoms with Crippen molar-refractivity contribution in [3.8, 4) is 5.69 Å². The lowest BCUT2D eigenvalue weighted by Gasteiger charge is -2.19. The van der Waals surface area contributed by atoms with Crippen molar-refractivity contribution < 1.29 is 4.79 Å². The second-order valence-electron chi connectivity index (χ2n) is 8.12. The number of anilines is 2. The molecule has 0 atom stereocenters. The summed E-state index contributed by atoms with van der Waals surface area (Å²) >= 11 is 0. The van der Waals surface area contributed by atoms with Gasteiger partial charge >= 0.3 is 0 Å². The average Bonchev–Trinajstić information content (AvgIpc) is 3.27. The molecule has 148 valence electrons. The zero-order chi connectivity index (χ0) is 19.8. The van der Waals surface area contributed by atoms with E-state index in [1.165, 1.54) is 18.5 Å². The van der Waals surface area contributed by atoms with Crippen LogP contribution in [0.3, 0.4) is 0 Å². The van der Waals surface area contributed by atoms with Gasteiger partial charge in [-0.05, 0) is 74.6 Å². The zero-order valence-electron chi connectivity index (χ0n) is 16.8. The number of hydrogen-bond acceptors (Lipinski definition) is 3. The maximum Gasteiger partial charge on any atom is 0.274 e. The fraction of sp³-hybridized carbons (Fsp3) is 0.333. The third-order valence-corrected chi connectivity index (χ3v) is 5.89. The van der Waals surface area contributed by atoms with Gasteiger partial charge in [-0.15, -0.1) is 0 Å². The van der Waals surface area contributed by atoms with Crippen molar-refractivity contribution in [2.45, 2.75) is 38.5 Å². The van der Waals surface area contributed by atoms with Crippen molar-refractivity contribution in [3.05, 3.63) is 71.5 Å². The van der Waals surface area contributed by atoms with Crippen LogP contribution in [0, 0.1) is 6.92 Å². The van der Waals surface area contributed by atoms with E-state index in [2.05, 4.69) is 29.3 Å². The minimum absolute atomic E-state index is 0.120. The van der Waals surface area contributed by atoms with Crippen LogP contribution in [0.4, 0.5) is 11.4 Å². The summed E-state index contributed by atoms with van der Waals surface area (Å²) in [5, 5.41) is 7.85. The monoisotopic (exact) mass is 386 g/mol. The number of rotatable bonds is 5. The van der Waals surface area contributed by atoms with Gasteiger partial charge < -0.3 is 10.2 Å². The first kappa shape index (κ1) is 18.0. The van der Waals surface area contributed by atoms with Gasteiger partial charge in [0.1, 0.15) is 5.69 Å². The first-order valence-corrected chi connectivity index (χ1v) is 10.5. The molecule has 1 saturated carbocycles. The molecular formula is C24H26N4O.